The molecule has 1 fully saturated rings. The Morgan fingerprint density at radius 1 is 1.53 bits per heavy atom. The first-order valence-corrected chi connectivity index (χ1v) is 6.69. The van der Waals surface area contributed by atoms with Crippen molar-refractivity contribution in [1.82, 2.24) is 10.2 Å². The maximum absolute atomic E-state index is 12.3. The molecule has 5 heteroatoms. The van der Waals surface area contributed by atoms with Gasteiger partial charge in [0.1, 0.15) is 0 Å². The number of nitrogens with one attached hydrogen (secondary N) is 1. The summed E-state index contributed by atoms with van der Waals surface area (Å²) in [7, 11) is 1.84. The number of carbonyl (C=O) groups is 1. The van der Waals surface area contributed by atoms with Crippen LogP contribution in [0.4, 0.5) is 0 Å². The standard InChI is InChI=1S/C12H14BrClN2O/c1-16(11-2-3-15-7-11)12(17)8-4-9(13)6-10(14)5-8/h4-6,11,15H,2-3,7H2,1H3. The third-order valence-corrected chi connectivity index (χ3v) is 3.69. The summed E-state index contributed by atoms with van der Waals surface area (Å²) in [5, 5.41) is 3.82. The molecule has 0 aliphatic carbocycles. The van der Waals surface area contributed by atoms with Gasteiger partial charge in [0, 0.05) is 34.7 Å². The molecule has 1 aromatic rings. The second kappa shape index (κ2) is 5.38. The summed E-state index contributed by atoms with van der Waals surface area (Å²) in [6.07, 6.45) is 1.00. The average Bonchev–Trinajstić information content (AvgIpc) is 2.79. The topological polar surface area (TPSA) is 32.3 Å². The van der Waals surface area contributed by atoms with Gasteiger partial charge in [0.05, 0.1) is 0 Å². The summed E-state index contributed by atoms with van der Waals surface area (Å²) >= 11 is 9.29. The van der Waals surface area contributed by atoms with Gasteiger partial charge in [0.25, 0.3) is 5.91 Å². The third kappa shape index (κ3) is 3.00. The van der Waals surface area contributed by atoms with E-state index < -0.39 is 0 Å². The van der Waals surface area contributed by atoms with Crippen molar-refractivity contribution in [3.63, 3.8) is 0 Å². The minimum Gasteiger partial charge on any atom is -0.337 e. The van der Waals surface area contributed by atoms with E-state index in [2.05, 4.69) is 21.2 Å². The van der Waals surface area contributed by atoms with Crippen LogP contribution in [0.25, 0.3) is 0 Å². The Kier molecular flexibility index (Phi) is 4.07. The average molecular weight is 318 g/mol. The van der Waals surface area contributed by atoms with Crippen molar-refractivity contribution in [2.75, 3.05) is 20.1 Å². The lowest BCUT2D eigenvalue weighted by molar-refractivity contribution is 0.0743. The van der Waals surface area contributed by atoms with Crippen molar-refractivity contribution in [3.8, 4) is 0 Å². The van der Waals surface area contributed by atoms with Crippen LogP contribution in [0.3, 0.4) is 0 Å². The zero-order valence-electron chi connectivity index (χ0n) is 9.54. The van der Waals surface area contributed by atoms with Gasteiger partial charge < -0.3 is 10.2 Å². The normalized spacial score (nSPS) is 19.4. The van der Waals surface area contributed by atoms with E-state index in [0.29, 0.717) is 10.6 Å². The second-order valence-electron chi connectivity index (χ2n) is 4.22. The van der Waals surface area contributed by atoms with E-state index in [1.807, 2.05) is 7.05 Å². The van der Waals surface area contributed by atoms with Crippen LogP contribution in [0.1, 0.15) is 16.8 Å². The number of rotatable bonds is 2. The van der Waals surface area contributed by atoms with Crippen LogP contribution in [-0.2, 0) is 0 Å². The molecule has 0 aromatic heterocycles. The predicted molar refractivity (Wildman–Crippen MR) is 72.5 cm³/mol. The molecule has 0 bridgehead atoms. The third-order valence-electron chi connectivity index (χ3n) is 3.01. The molecule has 1 heterocycles. The van der Waals surface area contributed by atoms with Gasteiger partial charge in [-0.3, -0.25) is 4.79 Å². The van der Waals surface area contributed by atoms with Crippen LogP contribution in [0, 0.1) is 0 Å². The lowest BCUT2D eigenvalue weighted by atomic mass is 10.1. The number of amides is 1. The molecule has 1 saturated heterocycles. The van der Waals surface area contributed by atoms with Gasteiger partial charge in [-0.2, -0.15) is 0 Å². The predicted octanol–water partition coefficient (Wildman–Crippen LogP) is 2.54. The molecule has 1 N–H and O–H groups in total. The van der Waals surface area contributed by atoms with Crippen molar-refractivity contribution in [2.45, 2.75) is 12.5 Å². The van der Waals surface area contributed by atoms with Gasteiger partial charge >= 0.3 is 0 Å². The fourth-order valence-corrected chi connectivity index (χ4v) is 2.88. The molecule has 17 heavy (non-hydrogen) atoms. The number of likely N-dealkylation sites (N-methyl/N-ethyl adjacent to an activating group) is 1. The number of halogens is 2. The molecular formula is C12H14BrClN2O. The Morgan fingerprint density at radius 2 is 2.29 bits per heavy atom. The molecule has 0 radical (unpaired) electrons. The number of benzene rings is 1. The molecule has 1 atom stereocenters. The Labute approximate surface area is 114 Å². The molecule has 3 nitrogen and oxygen atoms in total. The van der Waals surface area contributed by atoms with E-state index in [-0.39, 0.29) is 11.9 Å². The lowest BCUT2D eigenvalue weighted by Gasteiger charge is -2.24. The number of nitrogens with zero attached hydrogens (tertiary/aromatic N) is 1. The molecule has 1 aliphatic rings. The molecular weight excluding hydrogens is 304 g/mol. The van der Waals surface area contributed by atoms with Gasteiger partial charge in [0.15, 0.2) is 0 Å². The number of carbonyl (C=O) groups excluding carboxylic acids is 1. The monoisotopic (exact) mass is 316 g/mol. The maximum atomic E-state index is 12.3. The molecule has 0 spiro atoms. The number of hydrogen-bond donors (Lipinski definition) is 1. The van der Waals surface area contributed by atoms with Crippen LogP contribution < -0.4 is 5.32 Å². The summed E-state index contributed by atoms with van der Waals surface area (Å²) in [6, 6.07) is 5.55. The van der Waals surface area contributed by atoms with Crippen LogP contribution in [-0.4, -0.2) is 37.0 Å². The van der Waals surface area contributed by atoms with Gasteiger partial charge in [0.2, 0.25) is 0 Å². The van der Waals surface area contributed by atoms with E-state index in [4.69, 9.17) is 11.6 Å². The zero-order chi connectivity index (χ0) is 12.4. The maximum Gasteiger partial charge on any atom is 0.253 e. The van der Waals surface area contributed by atoms with E-state index in [9.17, 15) is 4.79 Å². The number of hydrogen-bond acceptors (Lipinski definition) is 2. The van der Waals surface area contributed by atoms with Crippen molar-refractivity contribution < 1.29 is 4.79 Å². The SMILES string of the molecule is CN(C(=O)c1cc(Cl)cc(Br)c1)C1CCNC1. The highest BCUT2D eigenvalue weighted by atomic mass is 79.9. The van der Waals surface area contributed by atoms with Gasteiger partial charge in [-0.15, -0.1) is 0 Å². The van der Waals surface area contributed by atoms with Crippen LogP contribution in [0.15, 0.2) is 22.7 Å². The lowest BCUT2D eigenvalue weighted by Crippen LogP contribution is -2.38. The first-order chi connectivity index (χ1) is 8.08. The smallest absolute Gasteiger partial charge is 0.253 e. The minimum absolute atomic E-state index is 0.0156. The molecule has 1 aromatic carbocycles. The van der Waals surface area contributed by atoms with Crippen LogP contribution in [0.2, 0.25) is 5.02 Å². The highest BCUT2D eigenvalue weighted by molar-refractivity contribution is 9.10. The van der Waals surface area contributed by atoms with E-state index >= 15 is 0 Å². The van der Waals surface area contributed by atoms with Crippen LogP contribution in [0.5, 0.6) is 0 Å². The highest BCUT2D eigenvalue weighted by Crippen LogP contribution is 2.21. The van der Waals surface area contributed by atoms with Gasteiger partial charge in [-0.05, 0) is 31.2 Å². The molecule has 1 unspecified atom stereocenters. The van der Waals surface area contributed by atoms with Crippen molar-refractivity contribution >= 4 is 33.4 Å². The van der Waals surface area contributed by atoms with E-state index in [1.54, 1.807) is 23.1 Å². The van der Waals surface area contributed by atoms with Crippen molar-refractivity contribution in [2.24, 2.45) is 0 Å². The molecule has 2 rings (SSSR count). The highest BCUT2D eigenvalue weighted by Gasteiger charge is 2.24. The molecule has 1 amide bonds. The first kappa shape index (κ1) is 12.9. The molecule has 0 saturated carbocycles. The Bertz CT molecular complexity index is 412. The fraction of sp³-hybridized carbons (Fsp3) is 0.417. The van der Waals surface area contributed by atoms with Crippen molar-refractivity contribution in [1.29, 1.82) is 0 Å². The largest absolute Gasteiger partial charge is 0.337 e. The summed E-state index contributed by atoms with van der Waals surface area (Å²) in [5.74, 6) is 0.0156. The Balaban J connectivity index is 2.17. The van der Waals surface area contributed by atoms with E-state index in [0.717, 1.165) is 24.0 Å². The summed E-state index contributed by atoms with van der Waals surface area (Å²) < 4.78 is 0.825. The molecule has 92 valence electrons. The first-order valence-electron chi connectivity index (χ1n) is 5.52. The molecule has 1 aliphatic heterocycles. The Morgan fingerprint density at radius 3 is 2.88 bits per heavy atom. The quantitative estimate of drug-likeness (QED) is 0.909. The van der Waals surface area contributed by atoms with Gasteiger partial charge in [-0.1, -0.05) is 27.5 Å². The Hall–Kier alpha value is -0.580. The minimum atomic E-state index is 0.0156. The van der Waals surface area contributed by atoms with Crippen molar-refractivity contribution in [3.05, 3.63) is 33.3 Å². The van der Waals surface area contributed by atoms with Crippen LogP contribution >= 0.6 is 27.5 Å². The second-order valence-corrected chi connectivity index (χ2v) is 5.57. The van der Waals surface area contributed by atoms with E-state index in [1.165, 1.54) is 0 Å². The summed E-state index contributed by atoms with van der Waals surface area (Å²) in [6.45, 7) is 1.84. The summed E-state index contributed by atoms with van der Waals surface area (Å²) in [5.41, 5.74) is 0.624. The summed E-state index contributed by atoms with van der Waals surface area (Å²) in [4.78, 5) is 14.0. The fourth-order valence-electron chi connectivity index (χ4n) is 2.02. The van der Waals surface area contributed by atoms with Gasteiger partial charge in [-0.25, -0.2) is 0 Å². The zero-order valence-corrected chi connectivity index (χ0v) is 11.9.